The number of carbonyl (C=O) groups is 2. The molecule has 22 heavy (non-hydrogen) atoms. The van der Waals surface area contributed by atoms with Crippen LogP contribution < -0.4 is 5.32 Å². The Labute approximate surface area is 127 Å². The zero-order chi connectivity index (χ0) is 16.1. The van der Waals surface area contributed by atoms with Gasteiger partial charge in [-0.05, 0) is 24.6 Å². The molecule has 0 saturated heterocycles. The summed E-state index contributed by atoms with van der Waals surface area (Å²) in [5.74, 6) is -0.926. The molecule has 0 aromatic heterocycles. The molecule has 0 spiro atoms. The van der Waals surface area contributed by atoms with Gasteiger partial charge in [-0.25, -0.2) is 9.40 Å². The zero-order valence-electron chi connectivity index (χ0n) is 12.3. The van der Waals surface area contributed by atoms with E-state index in [9.17, 15) is 14.0 Å². The Hall–Kier alpha value is -2.28. The molecule has 6 nitrogen and oxygen atoms in total. The SMILES string of the molecule is C[C@@H](CO)NC(=O)C1=NN(Cc2ccc(F)cc2)C(=O)CC1. The smallest absolute Gasteiger partial charge is 0.267 e. The summed E-state index contributed by atoms with van der Waals surface area (Å²) in [5.41, 5.74) is 0.978. The van der Waals surface area contributed by atoms with E-state index in [1.165, 1.54) is 17.1 Å². The zero-order valence-corrected chi connectivity index (χ0v) is 12.3. The quantitative estimate of drug-likeness (QED) is 0.844. The molecule has 0 saturated carbocycles. The molecule has 0 bridgehead atoms. The van der Waals surface area contributed by atoms with Crippen molar-refractivity contribution < 1.29 is 19.1 Å². The van der Waals surface area contributed by atoms with Crippen LogP contribution in [0.3, 0.4) is 0 Å². The normalized spacial score (nSPS) is 16.2. The Morgan fingerprint density at radius 1 is 1.41 bits per heavy atom. The van der Waals surface area contributed by atoms with E-state index in [1.807, 2.05) is 0 Å². The molecule has 1 aliphatic rings. The van der Waals surface area contributed by atoms with E-state index in [0.29, 0.717) is 0 Å². The Kier molecular flexibility index (Phi) is 5.21. The fraction of sp³-hybridized carbons (Fsp3) is 0.400. The fourth-order valence-electron chi connectivity index (χ4n) is 2.00. The number of benzene rings is 1. The lowest BCUT2D eigenvalue weighted by atomic mass is 10.1. The van der Waals surface area contributed by atoms with Gasteiger partial charge in [0.2, 0.25) is 5.91 Å². The first-order valence-corrected chi connectivity index (χ1v) is 7.03. The first-order chi connectivity index (χ1) is 10.5. The standard InChI is InChI=1S/C15H18FN3O3/c1-10(9-20)17-15(22)13-6-7-14(21)19(18-13)8-11-2-4-12(16)5-3-11/h2-5,10,20H,6-9H2,1H3,(H,17,22)/t10-/m0/s1. The molecule has 0 unspecified atom stereocenters. The van der Waals surface area contributed by atoms with Gasteiger partial charge in [-0.15, -0.1) is 0 Å². The number of aliphatic hydroxyl groups is 1. The van der Waals surface area contributed by atoms with E-state index in [2.05, 4.69) is 10.4 Å². The topological polar surface area (TPSA) is 82.0 Å². The first kappa shape index (κ1) is 16.1. The predicted molar refractivity (Wildman–Crippen MR) is 78.3 cm³/mol. The molecule has 1 aliphatic heterocycles. The molecule has 2 amide bonds. The summed E-state index contributed by atoms with van der Waals surface area (Å²) < 4.78 is 12.9. The van der Waals surface area contributed by atoms with E-state index < -0.39 is 5.91 Å². The van der Waals surface area contributed by atoms with Gasteiger partial charge in [0.25, 0.3) is 5.91 Å². The Morgan fingerprint density at radius 3 is 2.73 bits per heavy atom. The van der Waals surface area contributed by atoms with E-state index >= 15 is 0 Å². The third-order valence-corrected chi connectivity index (χ3v) is 3.26. The van der Waals surface area contributed by atoms with Crippen molar-refractivity contribution in [1.82, 2.24) is 10.3 Å². The summed E-state index contributed by atoms with van der Waals surface area (Å²) in [6, 6.07) is 5.38. The molecule has 0 radical (unpaired) electrons. The number of rotatable bonds is 5. The number of carbonyl (C=O) groups excluding carboxylic acids is 2. The van der Waals surface area contributed by atoms with E-state index in [1.54, 1.807) is 19.1 Å². The van der Waals surface area contributed by atoms with Crippen LogP contribution in [0.2, 0.25) is 0 Å². The van der Waals surface area contributed by atoms with Crippen LogP contribution in [0.4, 0.5) is 4.39 Å². The molecule has 1 heterocycles. The minimum absolute atomic E-state index is 0.169. The van der Waals surface area contributed by atoms with Crippen molar-refractivity contribution in [3.8, 4) is 0 Å². The lowest BCUT2D eigenvalue weighted by Gasteiger charge is -2.23. The van der Waals surface area contributed by atoms with Crippen molar-refractivity contribution in [3.63, 3.8) is 0 Å². The third kappa shape index (κ3) is 4.11. The molecular weight excluding hydrogens is 289 g/mol. The van der Waals surface area contributed by atoms with Gasteiger partial charge >= 0.3 is 0 Å². The molecule has 1 atom stereocenters. The first-order valence-electron chi connectivity index (χ1n) is 7.03. The van der Waals surface area contributed by atoms with Crippen LogP contribution in [-0.4, -0.2) is 40.3 Å². The average molecular weight is 307 g/mol. The number of hydrogen-bond donors (Lipinski definition) is 2. The fourth-order valence-corrected chi connectivity index (χ4v) is 2.00. The van der Waals surface area contributed by atoms with Crippen LogP contribution >= 0.6 is 0 Å². The van der Waals surface area contributed by atoms with E-state index in [-0.39, 0.29) is 49.5 Å². The summed E-state index contributed by atoms with van der Waals surface area (Å²) in [4.78, 5) is 23.9. The van der Waals surface area contributed by atoms with Gasteiger partial charge < -0.3 is 10.4 Å². The third-order valence-electron chi connectivity index (χ3n) is 3.26. The Balaban J connectivity index is 2.08. The molecule has 7 heteroatoms. The second-order valence-electron chi connectivity index (χ2n) is 5.18. The Morgan fingerprint density at radius 2 is 2.09 bits per heavy atom. The van der Waals surface area contributed by atoms with Crippen LogP contribution in [0, 0.1) is 5.82 Å². The van der Waals surface area contributed by atoms with E-state index in [0.717, 1.165) is 5.56 Å². The summed E-state index contributed by atoms with van der Waals surface area (Å²) in [5, 5.41) is 16.8. The molecule has 2 rings (SSSR count). The number of amides is 2. The maximum absolute atomic E-state index is 12.9. The molecular formula is C15H18FN3O3. The number of hydrazone groups is 1. The van der Waals surface area contributed by atoms with Gasteiger partial charge in [0.05, 0.1) is 13.2 Å². The number of nitrogens with one attached hydrogen (secondary N) is 1. The lowest BCUT2D eigenvalue weighted by molar-refractivity contribution is -0.132. The van der Waals surface area contributed by atoms with Crippen molar-refractivity contribution in [3.05, 3.63) is 35.6 Å². The van der Waals surface area contributed by atoms with Gasteiger partial charge in [-0.1, -0.05) is 12.1 Å². The highest BCUT2D eigenvalue weighted by molar-refractivity contribution is 6.39. The van der Waals surface area contributed by atoms with Gasteiger partial charge in [0.1, 0.15) is 11.5 Å². The minimum Gasteiger partial charge on any atom is -0.394 e. The second kappa shape index (κ2) is 7.13. The lowest BCUT2D eigenvalue weighted by Crippen LogP contribution is -2.43. The van der Waals surface area contributed by atoms with Gasteiger partial charge in [0.15, 0.2) is 0 Å². The highest BCUT2D eigenvalue weighted by Gasteiger charge is 2.25. The average Bonchev–Trinajstić information content (AvgIpc) is 2.51. The van der Waals surface area contributed by atoms with Crippen LogP contribution in [0.25, 0.3) is 0 Å². The van der Waals surface area contributed by atoms with Gasteiger partial charge in [0, 0.05) is 18.9 Å². The number of halogens is 1. The molecule has 1 aromatic carbocycles. The van der Waals surface area contributed by atoms with Crippen LogP contribution in [-0.2, 0) is 16.1 Å². The summed E-state index contributed by atoms with van der Waals surface area (Å²) in [6.45, 7) is 1.69. The number of nitrogens with zero attached hydrogens (tertiary/aromatic N) is 2. The largest absolute Gasteiger partial charge is 0.394 e. The van der Waals surface area contributed by atoms with Crippen molar-refractivity contribution in [2.45, 2.75) is 32.4 Å². The maximum Gasteiger partial charge on any atom is 0.267 e. The Bertz CT molecular complexity index is 586. The molecule has 2 N–H and O–H groups in total. The van der Waals surface area contributed by atoms with Crippen molar-refractivity contribution in [1.29, 1.82) is 0 Å². The van der Waals surface area contributed by atoms with Crippen LogP contribution in [0.1, 0.15) is 25.3 Å². The monoisotopic (exact) mass is 307 g/mol. The highest BCUT2D eigenvalue weighted by atomic mass is 19.1. The molecule has 0 aliphatic carbocycles. The van der Waals surface area contributed by atoms with Gasteiger partial charge in [-0.3, -0.25) is 9.59 Å². The minimum atomic E-state index is -0.391. The maximum atomic E-state index is 12.9. The van der Waals surface area contributed by atoms with Crippen LogP contribution in [0.15, 0.2) is 29.4 Å². The number of hydrogen-bond acceptors (Lipinski definition) is 4. The second-order valence-corrected chi connectivity index (χ2v) is 5.18. The van der Waals surface area contributed by atoms with Crippen LogP contribution in [0.5, 0.6) is 0 Å². The highest BCUT2D eigenvalue weighted by Crippen LogP contribution is 2.14. The van der Waals surface area contributed by atoms with Gasteiger partial charge in [-0.2, -0.15) is 5.10 Å². The van der Waals surface area contributed by atoms with Crippen molar-refractivity contribution in [2.24, 2.45) is 5.10 Å². The van der Waals surface area contributed by atoms with Crippen molar-refractivity contribution >= 4 is 17.5 Å². The molecule has 118 valence electrons. The summed E-state index contributed by atoms with van der Waals surface area (Å²) in [7, 11) is 0. The molecule has 1 aromatic rings. The van der Waals surface area contributed by atoms with Crippen molar-refractivity contribution in [2.75, 3.05) is 6.61 Å². The predicted octanol–water partition coefficient (Wildman–Crippen LogP) is 0.801. The summed E-state index contributed by atoms with van der Waals surface area (Å²) in [6.07, 6.45) is 0.462. The molecule has 0 fully saturated rings. The number of aliphatic hydroxyl groups excluding tert-OH is 1. The van der Waals surface area contributed by atoms with E-state index in [4.69, 9.17) is 5.11 Å². The summed E-state index contributed by atoms with van der Waals surface area (Å²) >= 11 is 0.